The summed E-state index contributed by atoms with van der Waals surface area (Å²) in [5.41, 5.74) is 3.40. The Hall–Kier alpha value is -2.66. The van der Waals surface area contributed by atoms with Crippen LogP contribution < -0.4 is 9.47 Å². The molecule has 1 aliphatic rings. The third-order valence-electron chi connectivity index (χ3n) is 3.81. The molecule has 1 aliphatic heterocycles. The third kappa shape index (κ3) is 3.81. The number of benzene rings is 2. The Morgan fingerprint density at radius 1 is 0.917 bits per heavy atom. The highest BCUT2D eigenvalue weighted by Gasteiger charge is 2.23. The summed E-state index contributed by atoms with van der Waals surface area (Å²) >= 11 is 0. The molecule has 0 fully saturated rings. The molecule has 0 spiro atoms. The molecule has 0 N–H and O–H groups in total. The summed E-state index contributed by atoms with van der Waals surface area (Å²) in [6, 6.07) is 13.8. The van der Waals surface area contributed by atoms with Crippen LogP contribution in [0.4, 0.5) is 0 Å². The lowest BCUT2D eigenvalue weighted by Crippen LogP contribution is -2.15. The van der Waals surface area contributed by atoms with Crippen molar-refractivity contribution in [2.75, 3.05) is 0 Å². The van der Waals surface area contributed by atoms with Gasteiger partial charge in [-0.1, -0.05) is 30.3 Å². The van der Waals surface area contributed by atoms with Crippen molar-refractivity contribution in [1.82, 2.24) is 4.90 Å². The molecule has 0 aromatic heterocycles. The first kappa shape index (κ1) is 16.2. The molecule has 124 valence electrons. The Bertz CT molecular complexity index is 725. The van der Waals surface area contributed by atoms with Gasteiger partial charge < -0.3 is 9.47 Å². The van der Waals surface area contributed by atoms with Gasteiger partial charge in [-0.2, -0.15) is 0 Å². The summed E-state index contributed by atoms with van der Waals surface area (Å²) in [5.74, 6) is -0.305. The fourth-order valence-corrected chi connectivity index (χ4v) is 2.90. The minimum atomic E-state index is -0.442. The predicted octanol–water partition coefficient (Wildman–Crippen LogP) is 3.05. The molecule has 0 radical (unpaired) electrons. The van der Waals surface area contributed by atoms with Crippen LogP contribution in [0.5, 0.6) is 11.5 Å². The summed E-state index contributed by atoms with van der Waals surface area (Å²) in [6.45, 7) is 5.01. The number of esters is 2. The zero-order chi connectivity index (χ0) is 17.1. The first-order valence-electron chi connectivity index (χ1n) is 7.80. The van der Waals surface area contributed by atoms with Gasteiger partial charge in [-0.25, -0.2) is 0 Å². The molecule has 3 rings (SSSR count). The van der Waals surface area contributed by atoms with Gasteiger partial charge in [-0.05, 0) is 28.8 Å². The van der Waals surface area contributed by atoms with E-state index in [4.69, 9.17) is 9.47 Å². The van der Waals surface area contributed by atoms with Gasteiger partial charge in [0.25, 0.3) is 0 Å². The van der Waals surface area contributed by atoms with E-state index in [2.05, 4.69) is 17.0 Å². The van der Waals surface area contributed by atoms with Crippen LogP contribution in [0.2, 0.25) is 0 Å². The molecule has 2 aromatic carbocycles. The lowest BCUT2D eigenvalue weighted by Gasteiger charge is -2.14. The average molecular weight is 325 g/mol. The summed E-state index contributed by atoms with van der Waals surface area (Å²) in [5, 5.41) is 0. The lowest BCUT2D eigenvalue weighted by atomic mass is 10.1. The molecule has 0 saturated carbocycles. The van der Waals surface area contributed by atoms with Crippen molar-refractivity contribution in [3.05, 3.63) is 59.2 Å². The first-order valence-corrected chi connectivity index (χ1v) is 7.80. The maximum absolute atomic E-state index is 11.3. The quantitative estimate of drug-likeness (QED) is 0.639. The van der Waals surface area contributed by atoms with E-state index in [-0.39, 0.29) is 11.5 Å². The number of rotatable bonds is 4. The zero-order valence-corrected chi connectivity index (χ0v) is 13.7. The summed E-state index contributed by atoms with van der Waals surface area (Å²) in [6.07, 6.45) is 0. The maximum Gasteiger partial charge on any atom is 0.308 e. The number of fused-ring (bicyclic) bond motifs is 1. The normalized spacial score (nSPS) is 13.4. The molecule has 5 heteroatoms. The molecular formula is C19H19NO4. The average Bonchev–Trinajstić information content (AvgIpc) is 2.88. The number of hydrogen-bond donors (Lipinski definition) is 0. The highest BCUT2D eigenvalue weighted by molar-refractivity contribution is 5.74. The van der Waals surface area contributed by atoms with E-state index in [1.165, 1.54) is 19.4 Å². The van der Waals surface area contributed by atoms with E-state index < -0.39 is 11.9 Å². The van der Waals surface area contributed by atoms with Crippen LogP contribution in [-0.4, -0.2) is 16.8 Å². The van der Waals surface area contributed by atoms with Crippen LogP contribution in [-0.2, 0) is 29.2 Å². The fourth-order valence-electron chi connectivity index (χ4n) is 2.90. The molecule has 0 amide bonds. The first-order chi connectivity index (χ1) is 11.5. The fraction of sp³-hybridized carbons (Fsp3) is 0.263. The second-order valence-corrected chi connectivity index (χ2v) is 5.89. The molecule has 0 aliphatic carbocycles. The van der Waals surface area contributed by atoms with Crippen LogP contribution in [0.1, 0.15) is 30.5 Å². The monoisotopic (exact) mass is 325 g/mol. The van der Waals surface area contributed by atoms with Crippen molar-refractivity contribution in [1.29, 1.82) is 0 Å². The van der Waals surface area contributed by atoms with Crippen molar-refractivity contribution >= 4 is 11.9 Å². The minimum absolute atomic E-state index is 0.290. The molecule has 24 heavy (non-hydrogen) atoms. The van der Waals surface area contributed by atoms with Gasteiger partial charge in [0.05, 0.1) is 0 Å². The van der Waals surface area contributed by atoms with Gasteiger partial charge >= 0.3 is 11.9 Å². The molecular weight excluding hydrogens is 306 g/mol. The van der Waals surface area contributed by atoms with Crippen LogP contribution >= 0.6 is 0 Å². The highest BCUT2D eigenvalue weighted by atomic mass is 16.6. The molecule has 0 atom stereocenters. The van der Waals surface area contributed by atoms with Gasteiger partial charge in [-0.3, -0.25) is 14.5 Å². The van der Waals surface area contributed by atoms with Gasteiger partial charge in [0.2, 0.25) is 0 Å². The van der Waals surface area contributed by atoms with Gasteiger partial charge in [0, 0.05) is 33.5 Å². The SMILES string of the molecule is CC(=O)Oc1cc2c(cc1OC(C)=O)CN(Cc1ccccc1)C2. The van der Waals surface area contributed by atoms with E-state index in [1.54, 1.807) is 12.1 Å². The molecule has 1 heterocycles. The minimum Gasteiger partial charge on any atom is -0.423 e. The number of carbonyl (C=O) groups is 2. The molecule has 0 unspecified atom stereocenters. The Morgan fingerprint density at radius 3 is 1.88 bits per heavy atom. The number of hydrogen-bond acceptors (Lipinski definition) is 5. The number of carbonyl (C=O) groups excluding carboxylic acids is 2. The Labute approximate surface area is 140 Å². The van der Waals surface area contributed by atoms with Crippen LogP contribution in [0, 0.1) is 0 Å². The van der Waals surface area contributed by atoms with Crippen LogP contribution in [0.25, 0.3) is 0 Å². The highest BCUT2D eigenvalue weighted by Crippen LogP contribution is 2.36. The lowest BCUT2D eigenvalue weighted by molar-refractivity contribution is -0.134. The largest absolute Gasteiger partial charge is 0.423 e. The number of ether oxygens (including phenoxy) is 2. The van der Waals surface area contributed by atoms with Gasteiger partial charge in [0.1, 0.15) is 0 Å². The molecule has 2 aromatic rings. The molecule has 5 nitrogen and oxygen atoms in total. The maximum atomic E-state index is 11.3. The second-order valence-electron chi connectivity index (χ2n) is 5.89. The standard InChI is InChI=1S/C19H19NO4/c1-13(21)23-18-8-16-11-20(10-15-6-4-3-5-7-15)12-17(16)9-19(18)24-14(2)22/h3-9H,10-12H2,1-2H3. The van der Waals surface area contributed by atoms with Crippen molar-refractivity contribution in [3.8, 4) is 11.5 Å². The van der Waals surface area contributed by atoms with Crippen LogP contribution in [0.3, 0.4) is 0 Å². The van der Waals surface area contributed by atoms with Crippen molar-refractivity contribution < 1.29 is 19.1 Å². The molecule has 0 bridgehead atoms. The van der Waals surface area contributed by atoms with Gasteiger partial charge in [0.15, 0.2) is 11.5 Å². The van der Waals surface area contributed by atoms with E-state index in [9.17, 15) is 9.59 Å². The van der Waals surface area contributed by atoms with Crippen molar-refractivity contribution in [2.45, 2.75) is 33.5 Å². The zero-order valence-electron chi connectivity index (χ0n) is 13.7. The summed E-state index contributed by atoms with van der Waals surface area (Å²) in [4.78, 5) is 24.9. The van der Waals surface area contributed by atoms with Gasteiger partial charge in [-0.15, -0.1) is 0 Å². The van der Waals surface area contributed by atoms with E-state index >= 15 is 0 Å². The predicted molar refractivity (Wildman–Crippen MR) is 88.5 cm³/mol. The third-order valence-corrected chi connectivity index (χ3v) is 3.81. The van der Waals surface area contributed by atoms with E-state index in [1.807, 2.05) is 18.2 Å². The Morgan fingerprint density at radius 2 is 1.42 bits per heavy atom. The smallest absolute Gasteiger partial charge is 0.308 e. The van der Waals surface area contributed by atoms with E-state index in [0.29, 0.717) is 0 Å². The number of nitrogens with zero attached hydrogens (tertiary/aromatic N) is 1. The summed E-state index contributed by atoms with van der Waals surface area (Å²) < 4.78 is 10.4. The molecule has 0 saturated heterocycles. The topological polar surface area (TPSA) is 55.8 Å². The summed E-state index contributed by atoms with van der Waals surface area (Å²) in [7, 11) is 0. The Kier molecular flexibility index (Phi) is 4.62. The Balaban J connectivity index is 1.82. The second kappa shape index (κ2) is 6.84. The van der Waals surface area contributed by atoms with E-state index in [0.717, 1.165) is 30.8 Å². The van der Waals surface area contributed by atoms with Crippen molar-refractivity contribution in [2.24, 2.45) is 0 Å². The van der Waals surface area contributed by atoms with Crippen molar-refractivity contribution in [3.63, 3.8) is 0 Å². The van der Waals surface area contributed by atoms with Crippen LogP contribution in [0.15, 0.2) is 42.5 Å².